The zero-order valence-corrected chi connectivity index (χ0v) is 8.23. The van der Waals surface area contributed by atoms with E-state index in [0.29, 0.717) is 12.8 Å². The van der Waals surface area contributed by atoms with Crippen LogP contribution in [0.15, 0.2) is 18.2 Å². The number of nitrogens with zero attached hydrogens (tertiary/aromatic N) is 1. The lowest BCUT2D eigenvalue weighted by Crippen LogP contribution is -2.00. The van der Waals surface area contributed by atoms with E-state index in [9.17, 15) is 14.9 Å². The van der Waals surface area contributed by atoms with E-state index in [4.69, 9.17) is 0 Å². The van der Waals surface area contributed by atoms with Crippen molar-refractivity contribution in [2.24, 2.45) is 0 Å². The number of ketones is 1. The molecule has 4 heteroatoms. The number of benzene rings is 1. The maximum Gasteiger partial charge on any atom is 0.269 e. The molecule has 0 saturated heterocycles. The molecule has 15 heavy (non-hydrogen) atoms. The van der Waals surface area contributed by atoms with Gasteiger partial charge in [0.15, 0.2) is 0 Å². The molecule has 0 atom stereocenters. The SMILES string of the molecule is O=C1CCCc2cc([N+](=O)[O-])ccc2C1. The van der Waals surface area contributed by atoms with Crippen molar-refractivity contribution >= 4 is 11.5 Å². The molecule has 1 aromatic rings. The first kappa shape index (κ1) is 9.83. The van der Waals surface area contributed by atoms with Crippen LogP contribution in [-0.4, -0.2) is 10.7 Å². The van der Waals surface area contributed by atoms with Crippen molar-refractivity contribution in [1.29, 1.82) is 0 Å². The summed E-state index contributed by atoms with van der Waals surface area (Å²) in [4.78, 5) is 21.5. The van der Waals surface area contributed by atoms with Crippen molar-refractivity contribution in [3.05, 3.63) is 39.4 Å². The van der Waals surface area contributed by atoms with Crippen LogP contribution < -0.4 is 0 Å². The molecule has 0 heterocycles. The molecule has 78 valence electrons. The molecule has 0 bridgehead atoms. The lowest BCUT2D eigenvalue weighted by atomic mass is 10.0. The predicted octanol–water partition coefficient (Wildman–Crippen LogP) is 2.04. The van der Waals surface area contributed by atoms with Gasteiger partial charge in [0.05, 0.1) is 4.92 Å². The van der Waals surface area contributed by atoms with Gasteiger partial charge in [0.2, 0.25) is 0 Å². The van der Waals surface area contributed by atoms with E-state index in [2.05, 4.69) is 0 Å². The number of hydrogen-bond donors (Lipinski definition) is 0. The fraction of sp³-hybridized carbons (Fsp3) is 0.364. The number of aryl methyl sites for hydroxylation is 1. The number of fused-ring (bicyclic) bond motifs is 1. The smallest absolute Gasteiger partial charge is 0.269 e. The number of nitro groups is 1. The highest BCUT2D eigenvalue weighted by molar-refractivity contribution is 5.81. The van der Waals surface area contributed by atoms with Crippen molar-refractivity contribution in [3.8, 4) is 0 Å². The summed E-state index contributed by atoms with van der Waals surface area (Å²) in [5.74, 6) is 0.225. The second-order valence-electron chi connectivity index (χ2n) is 3.78. The Morgan fingerprint density at radius 3 is 2.73 bits per heavy atom. The van der Waals surface area contributed by atoms with Crippen LogP contribution in [-0.2, 0) is 17.6 Å². The lowest BCUT2D eigenvalue weighted by molar-refractivity contribution is -0.384. The normalized spacial score (nSPS) is 15.6. The van der Waals surface area contributed by atoms with Crippen LogP contribution in [0.1, 0.15) is 24.0 Å². The number of carbonyl (C=O) groups excluding carboxylic acids is 1. The Morgan fingerprint density at radius 1 is 1.20 bits per heavy atom. The van der Waals surface area contributed by atoms with Crippen molar-refractivity contribution in [2.75, 3.05) is 0 Å². The van der Waals surface area contributed by atoms with Crippen molar-refractivity contribution in [3.63, 3.8) is 0 Å². The van der Waals surface area contributed by atoms with Crippen molar-refractivity contribution in [2.45, 2.75) is 25.7 Å². The molecule has 1 aliphatic rings. The third-order valence-corrected chi connectivity index (χ3v) is 2.69. The maximum atomic E-state index is 11.3. The zero-order chi connectivity index (χ0) is 10.8. The molecule has 0 radical (unpaired) electrons. The van der Waals surface area contributed by atoms with E-state index in [1.165, 1.54) is 6.07 Å². The van der Waals surface area contributed by atoms with E-state index in [0.717, 1.165) is 24.0 Å². The molecular formula is C11H11NO3. The monoisotopic (exact) mass is 205 g/mol. The molecule has 2 rings (SSSR count). The van der Waals surface area contributed by atoms with E-state index in [1.807, 2.05) is 0 Å². The van der Waals surface area contributed by atoms with Gasteiger partial charge >= 0.3 is 0 Å². The number of non-ortho nitro benzene ring substituents is 1. The van der Waals surface area contributed by atoms with Crippen LogP contribution in [0.2, 0.25) is 0 Å². The third-order valence-electron chi connectivity index (χ3n) is 2.69. The van der Waals surface area contributed by atoms with E-state index in [-0.39, 0.29) is 11.5 Å². The molecule has 0 aliphatic heterocycles. The molecule has 4 nitrogen and oxygen atoms in total. The van der Waals surface area contributed by atoms with E-state index >= 15 is 0 Å². The average Bonchev–Trinajstić information content (AvgIpc) is 2.37. The van der Waals surface area contributed by atoms with Gasteiger partial charge in [-0.3, -0.25) is 14.9 Å². The Bertz CT molecular complexity index is 426. The standard InChI is InChI=1S/C11H11NO3/c13-11-3-1-2-8-6-10(12(14)15)5-4-9(8)7-11/h4-6H,1-3,7H2. The molecule has 0 N–H and O–H groups in total. The van der Waals surface area contributed by atoms with Gasteiger partial charge in [0, 0.05) is 25.0 Å². The predicted molar refractivity (Wildman–Crippen MR) is 54.7 cm³/mol. The van der Waals surface area contributed by atoms with E-state index in [1.54, 1.807) is 12.1 Å². The minimum Gasteiger partial charge on any atom is -0.299 e. The van der Waals surface area contributed by atoms with Crippen LogP contribution in [0.4, 0.5) is 5.69 Å². The first-order valence-corrected chi connectivity index (χ1v) is 4.95. The Labute approximate surface area is 87.1 Å². The number of Topliss-reactive ketones (excluding diaryl/α,β-unsaturated/α-hetero) is 1. The van der Waals surface area contributed by atoms with Gasteiger partial charge in [-0.15, -0.1) is 0 Å². The van der Waals surface area contributed by atoms with Gasteiger partial charge < -0.3 is 0 Å². The highest BCUT2D eigenvalue weighted by Gasteiger charge is 2.16. The molecule has 0 fully saturated rings. The van der Waals surface area contributed by atoms with Crippen molar-refractivity contribution in [1.82, 2.24) is 0 Å². The molecule has 0 spiro atoms. The Balaban J connectivity index is 2.40. The third kappa shape index (κ3) is 2.03. The molecule has 0 saturated carbocycles. The van der Waals surface area contributed by atoms with Crippen molar-refractivity contribution < 1.29 is 9.72 Å². The van der Waals surface area contributed by atoms with Crippen LogP contribution in [0.5, 0.6) is 0 Å². The average molecular weight is 205 g/mol. The van der Waals surface area contributed by atoms with Gasteiger partial charge in [-0.25, -0.2) is 0 Å². The number of nitro benzene ring substituents is 1. The fourth-order valence-corrected chi connectivity index (χ4v) is 1.91. The van der Waals surface area contributed by atoms with Gasteiger partial charge in [-0.2, -0.15) is 0 Å². The first-order valence-electron chi connectivity index (χ1n) is 4.95. The Morgan fingerprint density at radius 2 is 2.00 bits per heavy atom. The largest absolute Gasteiger partial charge is 0.299 e. The van der Waals surface area contributed by atoms with Crippen LogP contribution in [0, 0.1) is 10.1 Å². The fourth-order valence-electron chi connectivity index (χ4n) is 1.91. The highest BCUT2D eigenvalue weighted by Crippen LogP contribution is 2.23. The second-order valence-corrected chi connectivity index (χ2v) is 3.78. The Kier molecular flexibility index (Phi) is 2.49. The summed E-state index contributed by atoms with van der Waals surface area (Å²) in [6.45, 7) is 0. The van der Waals surface area contributed by atoms with Crippen LogP contribution in [0.25, 0.3) is 0 Å². The Hall–Kier alpha value is -1.71. The summed E-state index contributed by atoms with van der Waals surface area (Å²) >= 11 is 0. The van der Waals surface area contributed by atoms with Gasteiger partial charge in [-0.1, -0.05) is 6.07 Å². The molecule has 1 aliphatic carbocycles. The number of hydrogen-bond acceptors (Lipinski definition) is 3. The second kappa shape index (κ2) is 3.81. The molecular weight excluding hydrogens is 194 g/mol. The van der Waals surface area contributed by atoms with Crippen LogP contribution in [0.3, 0.4) is 0 Å². The molecule has 0 aromatic heterocycles. The zero-order valence-electron chi connectivity index (χ0n) is 8.23. The summed E-state index contributed by atoms with van der Waals surface area (Å²) in [7, 11) is 0. The quantitative estimate of drug-likeness (QED) is 0.400. The minimum atomic E-state index is -0.396. The van der Waals surface area contributed by atoms with Gasteiger partial charge in [0.1, 0.15) is 5.78 Å². The highest BCUT2D eigenvalue weighted by atomic mass is 16.6. The van der Waals surface area contributed by atoms with Gasteiger partial charge in [-0.05, 0) is 24.0 Å². The lowest BCUT2D eigenvalue weighted by Gasteiger charge is -2.03. The summed E-state index contributed by atoms with van der Waals surface area (Å²) in [5, 5.41) is 10.6. The first-order chi connectivity index (χ1) is 7.16. The summed E-state index contributed by atoms with van der Waals surface area (Å²) < 4.78 is 0. The number of rotatable bonds is 1. The summed E-state index contributed by atoms with van der Waals surface area (Å²) in [5.41, 5.74) is 2.02. The van der Waals surface area contributed by atoms with E-state index < -0.39 is 4.92 Å². The molecule has 1 aromatic carbocycles. The topological polar surface area (TPSA) is 60.2 Å². The summed E-state index contributed by atoms with van der Waals surface area (Å²) in [6.07, 6.45) is 2.57. The maximum absolute atomic E-state index is 11.3. The van der Waals surface area contributed by atoms with Gasteiger partial charge in [0.25, 0.3) is 5.69 Å². The summed E-state index contributed by atoms with van der Waals surface area (Å²) in [6, 6.07) is 4.77. The molecule has 0 amide bonds. The number of carbonyl (C=O) groups is 1. The molecule has 0 unspecified atom stereocenters. The van der Waals surface area contributed by atoms with Crippen LogP contribution >= 0.6 is 0 Å². The minimum absolute atomic E-state index is 0.114.